The van der Waals surface area contributed by atoms with E-state index in [0.29, 0.717) is 13.0 Å². The second kappa shape index (κ2) is 7.26. The van der Waals surface area contributed by atoms with Crippen molar-refractivity contribution in [3.05, 3.63) is 0 Å². The van der Waals surface area contributed by atoms with Gasteiger partial charge >= 0.3 is 0 Å². The number of amides is 2. The van der Waals surface area contributed by atoms with Crippen LogP contribution in [0.4, 0.5) is 0 Å². The van der Waals surface area contributed by atoms with Crippen molar-refractivity contribution in [2.75, 3.05) is 13.1 Å². The van der Waals surface area contributed by atoms with E-state index in [1.807, 2.05) is 0 Å². The van der Waals surface area contributed by atoms with Crippen molar-refractivity contribution in [1.29, 1.82) is 0 Å². The second-order valence-corrected chi connectivity index (χ2v) is 5.40. The average molecular weight is 265 g/mol. The highest BCUT2D eigenvalue weighted by molar-refractivity contribution is 5.88. The maximum Gasteiger partial charge on any atom is 0.259 e. The Balaban J connectivity index is 1.78. The summed E-state index contributed by atoms with van der Waals surface area (Å²) in [6.07, 6.45) is 9.15. The van der Waals surface area contributed by atoms with Gasteiger partial charge in [0.15, 0.2) is 0 Å². The first-order valence-electron chi connectivity index (χ1n) is 7.38. The molecule has 106 valence electrons. The number of rotatable bonds is 3. The number of likely N-dealkylation sites (tertiary alicyclic amines) is 1. The summed E-state index contributed by atoms with van der Waals surface area (Å²) in [4.78, 5) is 25.2. The Hall–Kier alpha value is -1.39. The molecule has 1 aliphatic heterocycles. The van der Waals surface area contributed by atoms with Gasteiger partial charge in [-0.1, -0.05) is 12.8 Å². The zero-order valence-electron chi connectivity index (χ0n) is 11.5. The Morgan fingerprint density at radius 1 is 1.05 bits per heavy atom. The molecule has 2 amide bonds. The smallest absolute Gasteiger partial charge is 0.259 e. The maximum atomic E-state index is 11.8. The van der Waals surface area contributed by atoms with Crippen LogP contribution in [0.2, 0.25) is 0 Å². The Bertz CT molecular complexity index is 358. The lowest BCUT2D eigenvalue weighted by Gasteiger charge is -2.19. The molecule has 1 saturated heterocycles. The molecule has 1 N–H and O–H groups in total. The molecule has 0 unspecified atom stereocenters. The lowest BCUT2D eigenvalue weighted by molar-refractivity contribution is -0.135. The summed E-state index contributed by atoms with van der Waals surface area (Å²) in [6, 6.07) is 0. The molecule has 1 aliphatic carbocycles. The SMILES string of the molecule is O=C(CN1CCCCCC1=O)NN=C1CCCCC1. The summed E-state index contributed by atoms with van der Waals surface area (Å²) in [5.41, 5.74) is 3.68. The molecule has 0 aromatic rings. The van der Waals surface area contributed by atoms with Crippen LogP contribution in [-0.2, 0) is 9.59 Å². The molecule has 0 atom stereocenters. The molecule has 1 heterocycles. The molecule has 19 heavy (non-hydrogen) atoms. The van der Waals surface area contributed by atoms with E-state index in [9.17, 15) is 9.59 Å². The van der Waals surface area contributed by atoms with Crippen molar-refractivity contribution < 1.29 is 9.59 Å². The summed E-state index contributed by atoms with van der Waals surface area (Å²) in [7, 11) is 0. The van der Waals surface area contributed by atoms with Gasteiger partial charge in [0, 0.05) is 18.7 Å². The van der Waals surface area contributed by atoms with Gasteiger partial charge in [-0.05, 0) is 38.5 Å². The van der Waals surface area contributed by atoms with E-state index in [1.54, 1.807) is 4.90 Å². The standard InChI is InChI=1S/C14H23N3O2/c18-13(16-15-12-7-3-1-4-8-12)11-17-10-6-2-5-9-14(17)19/h1-11H2,(H,16,18). The van der Waals surface area contributed by atoms with Crippen molar-refractivity contribution in [3.63, 3.8) is 0 Å². The van der Waals surface area contributed by atoms with Gasteiger partial charge in [-0.3, -0.25) is 9.59 Å². The highest BCUT2D eigenvalue weighted by Crippen LogP contribution is 2.14. The third-order valence-electron chi connectivity index (χ3n) is 3.78. The van der Waals surface area contributed by atoms with E-state index in [1.165, 1.54) is 19.3 Å². The number of nitrogens with zero attached hydrogens (tertiary/aromatic N) is 2. The van der Waals surface area contributed by atoms with Gasteiger partial charge in [0.25, 0.3) is 5.91 Å². The number of carbonyl (C=O) groups excluding carboxylic acids is 2. The molecule has 2 fully saturated rings. The van der Waals surface area contributed by atoms with Crippen LogP contribution in [0.15, 0.2) is 5.10 Å². The summed E-state index contributed by atoms with van der Waals surface area (Å²) >= 11 is 0. The van der Waals surface area contributed by atoms with Crippen LogP contribution in [0.25, 0.3) is 0 Å². The van der Waals surface area contributed by atoms with Gasteiger partial charge in [-0.2, -0.15) is 5.10 Å². The fourth-order valence-electron chi connectivity index (χ4n) is 2.63. The van der Waals surface area contributed by atoms with E-state index in [2.05, 4.69) is 10.5 Å². The van der Waals surface area contributed by atoms with Gasteiger partial charge < -0.3 is 4.90 Å². The van der Waals surface area contributed by atoms with Crippen LogP contribution in [0, 0.1) is 0 Å². The van der Waals surface area contributed by atoms with Gasteiger partial charge in [-0.15, -0.1) is 0 Å². The predicted molar refractivity (Wildman–Crippen MR) is 73.7 cm³/mol. The molecule has 0 aromatic heterocycles. The van der Waals surface area contributed by atoms with Crippen molar-refractivity contribution >= 4 is 17.5 Å². The molecule has 1 saturated carbocycles. The summed E-state index contributed by atoms with van der Waals surface area (Å²) in [6.45, 7) is 0.846. The fourth-order valence-corrected chi connectivity index (χ4v) is 2.63. The molecule has 0 bridgehead atoms. The van der Waals surface area contributed by atoms with Crippen LogP contribution in [-0.4, -0.2) is 35.5 Å². The predicted octanol–water partition coefficient (Wildman–Crippen LogP) is 1.83. The summed E-state index contributed by atoms with van der Waals surface area (Å²) < 4.78 is 0. The van der Waals surface area contributed by atoms with Gasteiger partial charge in [0.2, 0.25) is 5.91 Å². The Morgan fingerprint density at radius 3 is 2.53 bits per heavy atom. The van der Waals surface area contributed by atoms with Gasteiger partial charge in [0.1, 0.15) is 6.54 Å². The number of hydrogen-bond donors (Lipinski definition) is 1. The fraction of sp³-hybridized carbons (Fsp3) is 0.786. The molecule has 0 aromatic carbocycles. The molecular weight excluding hydrogens is 242 g/mol. The third-order valence-corrected chi connectivity index (χ3v) is 3.78. The molecule has 5 nitrogen and oxygen atoms in total. The highest BCUT2D eigenvalue weighted by atomic mass is 16.2. The minimum Gasteiger partial charge on any atom is -0.333 e. The van der Waals surface area contributed by atoms with E-state index in [-0.39, 0.29) is 18.4 Å². The van der Waals surface area contributed by atoms with E-state index in [4.69, 9.17) is 0 Å². The molecular formula is C14H23N3O2. The highest BCUT2D eigenvalue weighted by Gasteiger charge is 2.19. The Labute approximate surface area is 114 Å². The molecule has 5 heteroatoms. The lowest BCUT2D eigenvalue weighted by Crippen LogP contribution is -2.39. The van der Waals surface area contributed by atoms with Gasteiger partial charge in [-0.25, -0.2) is 5.43 Å². The van der Waals surface area contributed by atoms with Crippen molar-refractivity contribution in [3.8, 4) is 0 Å². The lowest BCUT2D eigenvalue weighted by atomic mass is 9.99. The van der Waals surface area contributed by atoms with Crippen molar-refractivity contribution in [1.82, 2.24) is 10.3 Å². The zero-order chi connectivity index (χ0) is 13.5. The molecule has 2 rings (SSSR count). The van der Waals surface area contributed by atoms with Crippen LogP contribution in [0.1, 0.15) is 57.8 Å². The van der Waals surface area contributed by atoms with Crippen LogP contribution >= 0.6 is 0 Å². The van der Waals surface area contributed by atoms with Crippen molar-refractivity contribution in [2.45, 2.75) is 57.8 Å². The van der Waals surface area contributed by atoms with Crippen LogP contribution in [0.3, 0.4) is 0 Å². The van der Waals surface area contributed by atoms with Crippen LogP contribution in [0.5, 0.6) is 0 Å². The largest absolute Gasteiger partial charge is 0.333 e. The topological polar surface area (TPSA) is 61.8 Å². The number of nitrogens with one attached hydrogen (secondary N) is 1. The van der Waals surface area contributed by atoms with Crippen LogP contribution < -0.4 is 5.43 Å². The summed E-state index contributed by atoms with van der Waals surface area (Å²) in [5.74, 6) is -0.0775. The molecule has 2 aliphatic rings. The average Bonchev–Trinajstić information content (AvgIpc) is 2.63. The quantitative estimate of drug-likeness (QED) is 0.791. The summed E-state index contributed by atoms with van der Waals surface area (Å²) in [5, 5.41) is 4.18. The molecule has 0 radical (unpaired) electrons. The first-order chi connectivity index (χ1) is 9.25. The monoisotopic (exact) mass is 265 g/mol. The molecule has 0 spiro atoms. The number of hydrazone groups is 1. The minimum atomic E-state index is -0.173. The normalized spacial score (nSPS) is 20.9. The minimum absolute atomic E-state index is 0.0953. The first kappa shape index (κ1) is 14.0. The van der Waals surface area contributed by atoms with E-state index < -0.39 is 0 Å². The van der Waals surface area contributed by atoms with E-state index >= 15 is 0 Å². The Kier molecular flexibility index (Phi) is 5.36. The first-order valence-corrected chi connectivity index (χ1v) is 7.38. The zero-order valence-corrected chi connectivity index (χ0v) is 11.5. The third kappa shape index (κ3) is 4.65. The van der Waals surface area contributed by atoms with Crippen molar-refractivity contribution in [2.24, 2.45) is 5.10 Å². The Morgan fingerprint density at radius 2 is 1.74 bits per heavy atom. The second-order valence-electron chi connectivity index (χ2n) is 5.40. The number of hydrogen-bond acceptors (Lipinski definition) is 3. The van der Waals surface area contributed by atoms with E-state index in [0.717, 1.165) is 37.8 Å². The maximum absolute atomic E-state index is 11.8. The number of carbonyl (C=O) groups is 2. The van der Waals surface area contributed by atoms with Gasteiger partial charge in [0.05, 0.1) is 0 Å².